The van der Waals surface area contributed by atoms with Crippen molar-refractivity contribution >= 4 is 29.4 Å². The van der Waals surface area contributed by atoms with Gasteiger partial charge in [0.05, 0.1) is 35.0 Å². The fraction of sp³-hybridized carbons (Fsp3) is 0.292. The highest BCUT2D eigenvalue weighted by atomic mass is 16.6. The van der Waals surface area contributed by atoms with Crippen molar-refractivity contribution in [2.45, 2.75) is 13.0 Å². The molecule has 2 amide bonds. The zero-order valence-electron chi connectivity index (χ0n) is 19.0. The molecule has 2 bridgehead atoms. The third-order valence-corrected chi connectivity index (χ3v) is 6.77. The highest BCUT2D eigenvalue weighted by Crippen LogP contribution is 2.52. The van der Waals surface area contributed by atoms with Gasteiger partial charge in [0, 0.05) is 23.8 Å². The maximum Gasteiger partial charge on any atom is 0.315 e. The van der Waals surface area contributed by atoms with E-state index in [4.69, 9.17) is 9.47 Å². The molecular weight excluding hydrogens is 472 g/mol. The summed E-state index contributed by atoms with van der Waals surface area (Å²) in [6, 6.07) is 8.23. The van der Waals surface area contributed by atoms with E-state index < -0.39 is 27.4 Å². The van der Waals surface area contributed by atoms with Gasteiger partial charge in [0.15, 0.2) is 5.75 Å². The summed E-state index contributed by atoms with van der Waals surface area (Å²) in [5.74, 6) is -1.51. The molecule has 0 N–H and O–H groups in total. The molecule has 12 heteroatoms. The smallest absolute Gasteiger partial charge is 0.315 e. The molecule has 0 radical (unpaired) electrons. The van der Waals surface area contributed by atoms with Crippen molar-refractivity contribution < 1.29 is 28.9 Å². The van der Waals surface area contributed by atoms with Crippen molar-refractivity contribution in [3.63, 3.8) is 0 Å². The topological polar surface area (TPSA) is 154 Å². The molecule has 0 spiro atoms. The molecule has 12 nitrogen and oxygen atoms in total. The lowest BCUT2D eigenvalue weighted by Gasteiger charge is -2.13. The maximum atomic E-state index is 12.8. The number of benzene rings is 2. The van der Waals surface area contributed by atoms with Crippen LogP contribution in [-0.4, -0.2) is 40.0 Å². The van der Waals surface area contributed by atoms with Crippen molar-refractivity contribution in [2.75, 3.05) is 7.11 Å². The largest absolute Gasteiger partial charge is 0.493 e. The Morgan fingerprint density at radius 1 is 1.03 bits per heavy atom. The quantitative estimate of drug-likeness (QED) is 0.179. The van der Waals surface area contributed by atoms with E-state index in [0.29, 0.717) is 5.56 Å². The van der Waals surface area contributed by atoms with Crippen LogP contribution in [0, 0.1) is 43.9 Å². The summed E-state index contributed by atoms with van der Waals surface area (Å²) in [5, 5.41) is 27.5. The molecule has 4 atom stereocenters. The van der Waals surface area contributed by atoms with Crippen LogP contribution >= 0.6 is 0 Å². The third kappa shape index (κ3) is 3.85. The maximum absolute atomic E-state index is 12.8. The molecule has 1 saturated carbocycles. The number of carbonyl (C=O) groups excluding carboxylic acids is 2. The van der Waals surface area contributed by atoms with E-state index in [1.165, 1.54) is 49.7 Å². The van der Waals surface area contributed by atoms with Crippen LogP contribution in [0.4, 0.5) is 11.4 Å². The van der Waals surface area contributed by atoms with Crippen LogP contribution in [0.15, 0.2) is 53.7 Å². The molecule has 5 rings (SSSR count). The van der Waals surface area contributed by atoms with Gasteiger partial charge in [0.2, 0.25) is 5.75 Å². The zero-order valence-corrected chi connectivity index (χ0v) is 19.0. The molecule has 2 fully saturated rings. The van der Waals surface area contributed by atoms with Gasteiger partial charge >= 0.3 is 5.69 Å². The Labute approximate surface area is 204 Å². The van der Waals surface area contributed by atoms with Gasteiger partial charge in [-0.05, 0) is 42.0 Å². The highest BCUT2D eigenvalue weighted by molar-refractivity contribution is 6.06. The van der Waals surface area contributed by atoms with Gasteiger partial charge in [-0.1, -0.05) is 12.2 Å². The number of carbonyl (C=O) groups is 2. The van der Waals surface area contributed by atoms with Crippen LogP contribution < -0.4 is 9.47 Å². The minimum Gasteiger partial charge on any atom is -0.493 e. The van der Waals surface area contributed by atoms with Crippen LogP contribution in [0.1, 0.15) is 17.5 Å². The van der Waals surface area contributed by atoms with Crippen molar-refractivity contribution in [3.8, 4) is 11.5 Å². The predicted molar refractivity (Wildman–Crippen MR) is 124 cm³/mol. The number of hydrogen-bond acceptors (Lipinski definition) is 9. The number of nitrogens with zero attached hydrogens (tertiary/aromatic N) is 4. The second-order valence-corrected chi connectivity index (χ2v) is 8.77. The normalized spacial score (nSPS) is 24.0. The second kappa shape index (κ2) is 8.87. The third-order valence-electron chi connectivity index (χ3n) is 6.77. The standard InChI is InChI=1S/C24H20N4O8/c1-35-19-9-14(11-25-26-23(29)20-15-4-5-16(10-15)21(20)24(26)30)8-18(28(33)34)22(19)36-12-13-2-6-17(7-3-13)27(31)32/h2-9,11,15-16,20-21H,10,12H2,1H3/t15-,16-,20-,21+/m0/s1. The average Bonchev–Trinajstić information content (AvgIpc) is 3.55. The summed E-state index contributed by atoms with van der Waals surface area (Å²) >= 11 is 0. The summed E-state index contributed by atoms with van der Waals surface area (Å²) < 4.78 is 10.9. The van der Waals surface area contributed by atoms with Gasteiger partial charge < -0.3 is 9.47 Å². The first-order chi connectivity index (χ1) is 17.3. The van der Waals surface area contributed by atoms with E-state index in [1.807, 2.05) is 12.2 Å². The van der Waals surface area contributed by atoms with E-state index in [-0.39, 0.29) is 53.0 Å². The van der Waals surface area contributed by atoms with Crippen molar-refractivity contribution in [3.05, 3.63) is 79.9 Å². The van der Waals surface area contributed by atoms with E-state index in [2.05, 4.69) is 5.10 Å². The number of nitro groups is 2. The number of fused-ring (bicyclic) bond motifs is 5. The minimum absolute atomic E-state index is 0.0463. The minimum atomic E-state index is -0.648. The molecular formula is C24H20N4O8. The van der Waals surface area contributed by atoms with Gasteiger partial charge in [-0.25, -0.2) is 0 Å². The van der Waals surface area contributed by atoms with Gasteiger partial charge in [0.1, 0.15) is 6.61 Å². The number of allylic oxidation sites excluding steroid dienone is 2. The Balaban J connectivity index is 1.37. The van der Waals surface area contributed by atoms with E-state index in [1.54, 1.807) is 0 Å². The van der Waals surface area contributed by atoms with Crippen LogP contribution in [0.3, 0.4) is 0 Å². The monoisotopic (exact) mass is 492 g/mol. The van der Waals surface area contributed by atoms with Crippen LogP contribution in [0.2, 0.25) is 0 Å². The zero-order chi connectivity index (χ0) is 25.6. The second-order valence-electron chi connectivity index (χ2n) is 8.77. The fourth-order valence-corrected chi connectivity index (χ4v) is 5.11. The highest BCUT2D eigenvalue weighted by Gasteiger charge is 2.59. The Morgan fingerprint density at radius 2 is 1.67 bits per heavy atom. The summed E-state index contributed by atoms with van der Waals surface area (Å²) in [6.45, 7) is -0.0987. The first kappa shape index (κ1) is 23.1. The molecule has 2 aliphatic carbocycles. The predicted octanol–water partition coefficient (Wildman–Crippen LogP) is 3.23. The van der Waals surface area contributed by atoms with E-state index >= 15 is 0 Å². The average molecular weight is 492 g/mol. The first-order valence-corrected chi connectivity index (χ1v) is 11.1. The summed E-state index contributed by atoms with van der Waals surface area (Å²) in [7, 11) is 1.32. The molecule has 36 heavy (non-hydrogen) atoms. The number of imide groups is 1. The molecule has 0 unspecified atom stereocenters. The molecule has 1 heterocycles. The van der Waals surface area contributed by atoms with Crippen molar-refractivity contribution in [2.24, 2.45) is 28.8 Å². The number of rotatable bonds is 8. The summed E-state index contributed by atoms with van der Waals surface area (Å²) in [4.78, 5) is 47.0. The summed E-state index contributed by atoms with van der Waals surface area (Å²) in [5.41, 5.74) is 0.298. The van der Waals surface area contributed by atoms with Gasteiger partial charge in [-0.3, -0.25) is 29.8 Å². The number of nitro benzene ring substituents is 2. The molecule has 0 aromatic heterocycles. The number of ether oxygens (including phenoxy) is 2. The number of hydrogen-bond donors (Lipinski definition) is 0. The lowest BCUT2D eigenvalue weighted by molar-refractivity contribution is -0.386. The Bertz CT molecular complexity index is 1310. The van der Waals surface area contributed by atoms with Crippen LogP contribution in [0.5, 0.6) is 11.5 Å². The fourth-order valence-electron chi connectivity index (χ4n) is 5.11. The Kier molecular flexibility index (Phi) is 5.71. The van der Waals surface area contributed by atoms with Crippen molar-refractivity contribution in [1.29, 1.82) is 0 Å². The Hall–Kier alpha value is -4.61. The lowest BCUT2D eigenvalue weighted by atomic mass is 9.85. The van der Waals surface area contributed by atoms with Crippen LogP contribution in [-0.2, 0) is 16.2 Å². The number of hydrazone groups is 1. The van der Waals surface area contributed by atoms with Gasteiger partial charge in [-0.15, -0.1) is 0 Å². The molecule has 2 aromatic rings. The number of methoxy groups -OCH3 is 1. The van der Waals surface area contributed by atoms with Crippen LogP contribution in [0.25, 0.3) is 0 Å². The van der Waals surface area contributed by atoms with E-state index in [0.717, 1.165) is 11.4 Å². The molecule has 2 aromatic carbocycles. The molecule has 184 valence electrons. The Morgan fingerprint density at radius 3 is 2.22 bits per heavy atom. The number of non-ortho nitro benzene ring substituents is 1. The van der Waals surface area contributed by atoms with E-state index in [9.17, 15) is 29.8 Å². The molecule has 3 aliphatic rings. The molecule has 1 aliphatic heterocycles. The lowest BCUT2D eigenvalue weighted by Crippen LogP contribution is -2.28. The van der Waals surface area contributed by atoms with Gasteiger partial charge in [0.25, 0.3) is 17.5 Å². The van der Waals surface area contributed by atoms with Gasteiger partial charge in [-0.2, -0.15) is 10.1 Å². The first-order valence-electron chi connectivity index (χ1n) is 11.1. The molecule has 1 saturated heterocycles. The summed E-state index contributed by atoms with van der Waals surface area (Å²) in [6.07, 6.45) is 5.97. The number of amides is 2. The van der Waals surface area contributed by atoms with Crippen molar-refractivity contribution in [1.82, 2.24) is 5.01 Å². The SMILES string of the molecule is COc1cc(C=NN2C(=O)[C@@H]3[C@H](C2=O)[C@H]2C=C[C@H]3C2)cc([N+](=O)[O-])c1OCc1ccc([N+](=O)[O-])cc1.